The van der Waals surface area contributed by atoms with Crippen molar-refractivity contribution in [2.75, 3.05) is 7.11 Å². The molecule has 2 rings (SSSR count). The van der Waals surface area contributed by atoms with Gasteiger partial charge in [-0.2, -0.15) is 5.10 Å². The molecule has 0 radical (unpaired) electrons. The third kappa shape index (κ3) is 3.44. The van der Waals surface area contributed by atoms with Crippen molar-refractivity contribution in [1.82, 2.24) is 9.78 Å². The zero-order valence-corrected chi connectivity index (χ0v) is 14.1. The molecule has 1 aromatic carbocycles. The maximum absolute atomic E-state index is 12.5. The Morgan fingerprint density at radius 1 is 1.35 bits per heavy atom. The van der Waals surface area contributed by atoms with E-state index in [2.05, 4.69) is 5.10 Å². The van der Waals surface area contributed by atoms with Crippen LogP contribution in [-0.2, 0) is 0 Å². The zero-order valence-electron chi connectivity index (χ0n) is 14.1. The Morgan fingerprint density at radius 2 is 2.04 bits per heavy atom. The lowest BCUT2D eigenvalue weighted by Gasteiger charge is -2.07. The minimum Gasteiger partial charge on any atom is -0.504 e. The molecule has 0 aliphatic rings. The fourth-order valence-electron chi connectivity index (χ4n) is 2.59. The number of carbonyl (C=O) groups is 1. The second kappa shape index (κ2) is 6.69. The molecular formula is C18H22N2O3. The first kappa shape index (κ1) is 16.8. The number of phenols is 1. The SMILES string of the molecule is COc1ccc(/C=C\C(=O)c2c(C)nn(C(C)C)c2C)cc1O. The number of aromatic nitrogens is 2. The molecule has 23 heavy (non-hydrogen) atoms. The van der Waals surface area contributed by atoms with Gasteiger partial charge in [-0.25, -0.2) is 0 Å². The number of methoxy groups -OCH3 is 1. The summed E-state index contributed by atoms with van der Waals surface area (Å²) in [7, 11) is 1.49. The number of benzene rings is 1. The minimum atomic E-state index is -0.0952. The average molecular weight is 314 g/mol. The molecule has 0 spiro atoms. The highest BCUT2D eigenvalue weighted by Crippen LogP contribution is 2.27. The van der Waals surface area contributed by atoms with Crippen LogP contribution in [0, 0.1) is 13.8 Å². The Labute approximate surface area is 136 Å². The lowest BCUT2D eigenvalue weighted by molar-refractivity contribution is 0.104. The van der Waals surface area contributed by atoms with Gasteiger partial charge in [0, 0.05) is 11.7 Å². The highest BCUT2D eigenvalue weighted by Gasteiger charge is 2.17. The second-order valence-corrected chi connectivity index (χ2v) is 5.71. The summed E-state index contributed by atoms with van der Waals surface area (Å²) >= 11 is 0. The molecule has 2 aromatic rings. The molecule has 0 atom stereocenters. The number of ketones is 1. The molecule has 0 saturated heterocycles. The van der Waals surface area contributed by atoms with Crippen LogP contribution in [0.2, 0.25) is 0 Å². The zero-order chi connectivity index (χ0) is 17.1. The third-order valence-electron chi connectivity index (χ3n) is 3.69. The van der Waals surface area contributed by atoms with E-state index < -0.39 is 0 Å². The number of phenolic OH excluding ortho intramolecular Hbond substituents is 1. The number of carbonyl (C=O) groups excluding carboxylic acids is 1. The maximum Gasteiger partial charge on any atom is 0.189 e. The summed E-state index contributed by atoms with van der Waals surface area (Å²) in [6.07, 6.45) is 3.18. The van der Waals surface area contributed by atoms with Crippen molar-refractivity contribution in [2.24, 2.45) is 0 Å². The van der Waals surface area contributed by atoms with Gasteiger partial charge in [0.05, 0.1) is 18.4 Å². The summed E-state index contributed by atoms with van der Waals surface area (Å²) in [5, 5.41) is 14.2. The molecule has 0 aliphatic carbocycles. The summed E-state index contributed by atoms with van der Waals surface area (Å²) in [4.78, 5) is 12.5. The predicted molar refractivity (Wildman–Crippen MR) is 90.1 cm³/mol. The molecule has 1 N–H and O–H groups in total. The van der Waals surface area contributed by atoms with Gasteiger partial charge in [-0.15, -0.1) is 0 Å². The fourth-order valence-corrected chi connectivity index (χ4v) is 2.59. The molecule has 0 aliphatic heterocycles. The Morgan fingerprint density at radius 3 is 2.57 bits per heavy atom. The van der Waals surface area contributed by atoms with Crippen LogP contribution in [0.1, 0.15) is 47.2 Å². The van der Waals surface area contributed by atoms with Crippen LogP contribution in [0.5, 0.6) is 11.5 Å². The lowest BCUT2D eigenvalue weighted by Crippen LogP contribution is -2.06. The predicted octanol–water partition coefficient (Wildman–Crippen LogP) is 3.69. The van der Waals surface area contributed by atoms with Crippen molar-refractivity contribution in [3.63, 3.8) is 0 Å². The van der Waals surface area contributed by atoms with Crippen LogP contribution in [0.25, 0.3) is 6.08 Å². The van der Waals surface area contributed by atoms with Gasteiger partial charge in [-0.1, -0.05) is 12.1 Å². The number of hydrogen-bond donors (Lipinski definition) is 1. The standard InChI is InChI=1S/C18H22N2O3/c1-11(2)20-13(4)18(12(3)19-20)15(21)8-6-14-7-9-17(23-5)16(22)10-14/h6-11,22H,1-5H3/b8-6-. The normalized spacial score (nSPS) is 11.4. The Balaban J connectivity index is 2.27. The number of aryl methyl sites for hydroxylation is 1. The molecule has 0 amide bonds. The van der Waals surface area contributed by atoms with Crippen molar-refractivity contribution in [1.29, 1.82) is 0 Å². The molecule has 0 saturated carbocycles. The molecule has 0 unspecified atom stereocenters. The molecular weight excluding hydrogens is 292 g/mol. The van der Waals surface area contributed by atoms with E-state index in [0.717, 1.165) is 17.0 Å². The third-order valence-corrected chi connectivity index (χ3v) is 3.69. The number of allylic oxidation sites excluding steroid dienone is 1. The number of hydrogen-bond acceptors (Lipinski definition) is 4. The van der Waals surface area contributed by atoms with E-state index in [1.54, 1.807) is 24.3 Å². The van der Waals surface area contributed by atoms with E-state index >= 15 is 0 Å². The Bertz CT molecular complexity index is 758. The molecule has 122 valence electrons. The fraction of sp³-hybridized carbons (Fsp3) is 0.333. The minimum absolute atomic E-state index is 0.0436. The van der Waals surface area contributed by atoms with Crippen molar-refractivity contribution in [2.45, 2.75) is 33.7 Å². The van der Waals surface area contributed by atoms with E-state index in [-0.39, 0.29) is 17.6 Å². The molecule has 1 aromatic heterocycles. The van der Waals surface area contributed by atoms with Crippen LogP contribution >= 0.6 is 0 Å². The second-order valence-electron chi connectivity index (χ2n) is 5.71. The Hall–Kier alpha value is -2.56. The molecule has 5 heteroatoms. The smallest absolute Gasteiger partial charge is 0.189 e. The summed E-state index contributed by atoms with van der Waals surface area (Å²) in [6, 6.07) is 5.20. The van der Waals surface area contributed by atoms with Crippen LogP contribution in [0.4, 0.5) is 0 Å². The van der Waals surface area contributed by atoms with E-state index in [9.17, 15) is 9.90 Å². The van der Waals surface area contributed by atoms with Gasteiger partial charge in [-0.05, 0) is 51.5 Å². The van der Waals surface area contributed by atoms with Gasteiger partial charge in [0.15, 0.2) is 17.3 Å². The first-order valence-electron chi connectivity index (χ1n) is 7.50. The number of nitrogens with zero attached hydrogens (tertiary/aromatic N) is 2. The van der Waals surface area contributed by atoms with E-state index in [1.807, 2.05) is 32.4 Å². The molecule has 0 fully saturated rings. The molecule has 0 bridgehead atoms. The quantitative estimate of drug-likeness (QED) is 0.675. The number of aromatic hydroxyl groups is 1. The van der Waals surface area contributed by atoms with Crippen LogP contribution in [-0.4, -0.2) is 27.8 Å². The van der Waals surface area contributed by atoms with Crippen molar-refractivity contribution in [3.8, 4) is 11.5 Å². The molecule has 1 heterocycles. The largest absolute Gasteiger partial charge is 0.504 e. The number of rotatable bonds is 5. The van der Waals surface area contributed by atoms with Gasteiger partial charge in [-0.3, -0.25) is 9.48 Å². The molecule has 5 nitrogen and oxygen atoms in total. The van der Waals surface area contributed by atoms with Crippen molar-refractivity contribution < 1.29 is 14.6 Å². The van der Waals surface area contributed by atoms with E-state index in [1.165, 1.54) is 13.2 Å². The van der Waals surface area contributed by atoms with Crippen LogP contribution < -0.4 is 4.74 Å². The van der Waals surface area contributed by atoms with Crippen LogP contribution in [0.15, 0.2) is 24.3 Å². The first-order valence-corrected chi connectivity index (χ1v) is 7.50. The van der Waals surface area contributed by atoms with Crippen molar-refractivity contribution >= 4 is 11.9 Å². The summed E-state index contributed by atoms with van der Waals surface area (Å²) in [5.74, 6) is 0.350. The van der Waals surface area contributed by atoms with Gasteiger partial charge < -0.3 is 9.84 Å². The summed E-state index contributed by atoms with van der Waals surface area (Å²) in [5.41, 5.74) is 2.95. The van der Waals surface area contributed by atoms with E-state index in [0.29, 0.717) is 11.3 Å². The van der Waals surface area contributed by atoms with Crippen LogP contribution in [0.3, 0.4) is 0 Å². The Kier molecular flexibility index (Phi) is 4.89. The van der Waals surface area contributed by atoms with Gasteiger partial charge in [0.2, 0.25) is 0 Å². The highest BCUT2D eigenvalue weighted by molar-refractivity contribution is 6.08. The topological polar surface area (TPSA) is 64.3 Å². The first-order chi connectivity index (χ1) is 10.8. The average Bonchev–Trinajstić information content (AvgIpc) is 2.80. The van der Waals surface area contributed by atoms with E-state index in [4.69, 9.17) is 4.74 Å². The summed E-state index contributed by atoms with van der Waals surface area (Å²) < 4.78 is 6.86. The van der Waals surface area contributed by atoms with Gasteiger partial charge in [0.1, 0.15) is 0 Å². The van der Waals surface area contributed by atoms with Crippen molar-refractivity contribution in [3.05, 3.63) is 46.8 Å². The highest BCUT2D eigenvalue weighted by atomic mass is 16.5. The van der Waals surface area contributed by atoms with Gasteiger partial charge in [0.25, 0.3) is 0 Å². The summed E-state index contributed by atoms with van der Waals surface area (Å²) in [6.45, 7) is 7.81. The maximum atomic E-state index is 12.5. The monoisotopic (exact) mass is 314 g/mol. The lowest BCUT2D eigenvalue weighted by atomic mass is 10.1. The number of ether oxygens (including phenoxy) is 1. The van der Waals surface area contributed by atoms with Gasteiger partial charge >= 0.3 is 0 Å².